The van der Waals surface area contributed by atoms with Gasteiger partial charge < -0.3 is 5.73 Å². The van der Waals surface area contributed by atoms with Crippen molar-refractivity contribution in [3.63, 3.8) is 0 Å². The van der Waals surface area contributed by atoms with Crippen molar-refractivity contribution in [2.75, 3.05) is 0 Å². The maximum absolute atomic E-state index is 12.0. The summed E-state index contributed by atoms with van der Waals surface area (Å²) >= 11 is 0. The number of hydrogen-bond acceptors (Lipinski definition) is 3. The van der Waals surface area contributed by atoms with Crippen molar-refractivity contribution in [3.05, 3.63) is 29.8 Å². The standard InChI is InChI=1S/C11H17NO2S.ClH/c1-8(2)15(13,14)11-7-5-4-6-10(11)9(3)12;/h4-9H,12H2,1-3H3;1H. The number of halogens is 1. The summed E-state index contributed by atoms with van der Waals surface area (Å²) < 4.78 is 24.0. The molecule has 92 valence electrons. The average molecular weight is 264 g/mol. The van der Waals surface area contributed by atoms with Gasteiger partial charge in [-0.3, -0.25) is 0 Å². The molecule has 0 saturated carbocycles. The van der Waals surface area contributed by atoms with Gasteiger partial charge in [-0.05, 0) is 32.4 Å². The molecule has 1 rings (SSSR count). The second-order valence-corrected chi connectivity index (χ2v) is 6.39. The predicted octanol–water partition coefficient (Wildman–Crippen LogP) is 2.31. The molecule has 1 atom stereocenters. The maximum Gasteiger partial charge on any atom is 0.181 e. The summed E-state index contributed by atoms with van der Waals surface area (Å²) in [7, 11) is -3.23. The fraction of sp³-hybridized carbons (Fsp3) is 0.455. The molecule has 0 fully saturated rings. The van der Waals surface area contributed by atoms with Gasteiger partial charge in [-0.15, -0.1) is 12.4 Å². The Morgan fingerprint density at radius 2 is 1.62 bits per heavy atom. The van der Waals surface area contributed by atoms with E-state index in [4.69, 9.17) is 5.73 Å². The summed E-state index contributed by atoms with van der Waals surface area (Å²) in [6.07, 6.45) is 0. The van der Waals surface area contributed by atoms with Crippen LogP contribution in [-0.2, 0) is 9.84 Å². The van der Waals surface area contributed by atoms with Gasteiger partial charge in [0.1, 0.15) is 0 Å². The normalized spacial score (nSPS) is 13.3. The van der Waals surface area contributed by atoms with Crippen LogP contribution in [0.1, 0.15) is 32.4 Å². The lowest BCUT2D eigenvalue weighted by atomic mass is 10.1. The molecule has 0 aliphatic rings. The van der Waals surface area contributed by atoms with E-state index in [2.05, 4.69) is 0 Å². The van der Waals surface area contributed by atoms with Gasteiger partial charge in [0, 0.05) is 6.04 Å². The zero-order valence-corrected chi connectivity index (χ0v) is 11.3. The van der Waals surface area contributed by atoms with Crippen molar-refractivity contribution >= 4 is 22.2 Å². The van der Waals surface area contributed by atoms with Crippen LogP contribution in [0, 0.1) is 0 Å². The second kappa shape index (κ2) is 5.66. The molecule has 1 aromatic rings. The van der Waals surface area contributed by atoms with E-state index in [-0.39, 0.29) is 18.4 Å². The highest BCUT2D eigenvalue weighted by molar-refractivity contribution is 7.92. The number of hydrogen-bond donors (Lipinski definition) is 1. The van der Waals surface area contributed by atoms with E-state index >= 15 is 0 Å². The SMILES string of the molecule is CC(N)c1ccccc1S(=O)(=O)C(C)C.Cl. The molecule has 0 saturated heterocycles. The first-order chi connectivity index (χ1) is 6.87. The third kappa shape index (κ3) is 2.97. The third-order valence-corrected chi connectivity index (χ3v) is 4.56. The number of rotatable bonds is 3. The van der Waals surface area contributed by atoms with Crippen LogP contribution in [0.3, 0.4) is 0 Å². The van der Waals surface area contributed by atoms with Gasteiger partial charge in [-0.1, -0.05) is 18.2 Å². The summed E-state index contributed by atoms with van der Waals surface area (Å²) in [5, 5.41) is -0.419. The van der Waals surface area contributed by atoms with E-state index in [0.29, 0.717) is 10.5 Å². The summed E-state index contributed by atoms with van der Waals surface area (Å²) in [6.45, 7) is 5.13. The Kier molecular flexibility index (Phi) is 5.46. The minimum Gasteiger partial charge on any atom is -0.324 e. The molecule has 0 heterocycles. The van der Waals surface area contributed by atoms with E-state index in [0.717, 1.165) is 0 Å². The van der Waals surface area contributed by atoms with Gasteiger partial charge in [0.25, 0.3) is 0 Å². The molecule has 1 aromatic carbocycles. The molecule has 0 bridgehead atoms. The van der Waals surface area contributed by atoms with E-state index < -0.39 is 15.1 Å². The fourth-order valence-corrected chi connectivity index (χ4v) is 2.73. The van der Waals surface area contributed by atoms with Crippen LogP contribution in [0.25, 0.3) is 0 Å². The number of sulfone groups is 1. The number of benzene rings is 1. The minimum absolute atomic E-state index is 0. The molecule has 2 N–H and O–H groups in total. The Bertz CT molecular complexity index is 441. The second-order valence-electron chi connectivity index (χ2n) is 3.92. The molecule has 16 heavy (non-hydrogen) atoms. The lowest BCUT2D eigenvalue weighted by molar-refractivity contribution is 0.584. The van der Waals surface area contributed by atoms with Gasteiger partial charge >= 0.3 is 0 Å². The van der Waals surface area contributed by atoms with Crippen molar-refractivity contribution in [3.8, 4) is 0 Å². The molecule has 3 nitrogen and oxygen atoms in total. The van der Waals surface area contributed by atoms with Crippen LogP contribution < -0.4 is 5.73 Å². The van der Waals surface area contributed by atoms with Gasteiger partial charge in [0.05, 0.1) is 10.1 Å². The van der Waals surface area contributed by atoms with E-state index in [1.54, 1.807) is 45.0 Å². The summed E-state index contributed by atoms with van der Waals surface area (Å²) in [4.78, 5) is 0.356. The molecule has 1 unspecified atom stereocenters. The predicted molar refractivity (Wildman–Crippen MR) is 68.6 cm³/mol. The molecule has 0 aliphatic carbocycles. The lowest BCUT2D eigenvalue weighted by Gasteiger charge is -2.14. The Balaban J connectivity index is 0.00000225. The van der Waals surface area contributed by atoms with E-state index in [1.807, 2.05) is 0 Å². The zero-order chi connectivity index (χ0) is 11.6. The molecule has 0 amide bonds. The summed E-state index contributed by atoms with van der Waals surface area (Å²) in [6, 6.07) is 6.64. The highest BCUT2D eigenvalue weighted by Crippen LogP contribution is 2.24. The van der Waals surface area contributed by atoms with Gasteiger partial charge in [-0.25, -0.2) is 8.42 Å². The lowest BCUT2D eigenvalue weighted by Crippen LogP contribution is -2.18. The highest BCUT2D eigenvalue weighted by Gasteiger charge is 2.23. The smallest absolute Gasteiger partial charge is 0.181 e. The zero-order valence-electron chi connectivity index (χ0n) is 9.67. The maximum atomic E-state index is 12.0. The quantitative estimate of drug-likeness (QED) is 0.910. The Morgan fingerprint density at radius 1 is 1.12 bits per heavy atom. The molecule has 0 aliphatic heterocycles. The number of nitrogens with two attached hydrogens (primary N) is 1. The molecular weight excluding hydrogens is 246 g/mol. The average Bonchev–Trinajstić information content (AvgIpc) is 2.17. The van der Waals surface area contributed by atoms with Crippen LogP contribution >= 0.6 is 12.4 Å². The van der Waals surface area contributed by atoms with Crippen LogP contribution in [0.15, 0.2) is 29.2 Å². The molecule has 0 spiro atoms. The molecule has 5 heteroatoms. The van der Waals surface area contributed by atoms with Crippen molar-refractivity contribution in [2.24, 2.45) is 5.73 Å². The molecular formula is C11H18ClNO2S. The first kappa shape index (κ1) is 15.4. The largest absolute Gasteiger partial charge is 0.324 e. The van der Waals surface area contributed by atoms with Gasteiger partial charge in [0.2, 0.25) is 0 Å². The van der Waals surface area contributed by atoms with Crippen LogP contribution in [0.4, 0.5) is 0 Å². The van der Waals surface area contributed by atoms with Crippen LogP contribution in [-0.4, -0.2) is 13.7 Å². The van der Waals surface area contributed by atoms with Crippen molar-refractivity contribution < 1.29 is 8.42 Å². The van der Waals surface area contributed by atoms with Crippen molar-refractivity contribution in [1.29, 1.82) is 0 Å². The van der Waals surface area contributed by atoms with Crippen molar-refractivity contribution in [2.45, 2.75) is 37.0 Å². The van der Waals surface area contributed by atoms with Gasteiger partial charge in [-0.2, -0.15) is 0 Å². The fourth-order valence-electron chi connectivity index (χ4n) is 1.37. The summed E-state index contributed by atoms with van der Waals surface area (Å²) in [5.74, 6) is 0. The Labute approximate surface area is 103 Å². The molecule has 0 radical (unpaired) electrons. The third-order valence-electron chi connectivity index (χ3n) is 2.34. The Hall–Kier alpha value is -0.580. The van der Waals surface area contributed by atoms with Crippen LogP contribution in [0.5, 0.6) is 0 Å². The van der Waals surface area contributed by atoms with Gasteiger partial charge in [0.15, 0.2) is 9.84 Å². The van der Waals surface area contributed by atoms with E-state index in [1.165, 1.54) is 0 Å². The topological polar surface area (TPSA) is 60.2 Å². The van der Waals surface area contributed by atoms with E-state index in [9.17, 15) is 8.42 Å². The summed E-state index contributed by atoms with van der Waals surface area (Å²) in [5.41, 5.74) is 6.43. The van der Waals surface area contributed by atoms with Crippen LogP contribution in [0.2, 0.25) is 0 Å². The first-order valence-electron chi connectivity index (χ1n) is 4.95. The highest BCUT2D eigenvalue weighted by atomic mass is 35.5. The Morgan fingerprint density at radius 3 is 2.06 bits per heavy atom. The monoisotopic (exact) mass is 263 g/mol. The van der Waals surface area contributed by atoms with Crippen molar-refractivity contribution in [1.82, 2.24) is 0 Å². The minimum atomic E-state index is -3.23. The molecule has 0 aromatic heterocycles. The first-order valence-corrected chi connectivity index (χ1v) is 6.50.